The summed E-state index contributed by atoms with van der Waals surface area (Å²) < 4.78 is 28.5. The fourth-order valence-corrected chi connectivity index (χ4v) is 3.24. The lowest BCUT2D eigenvalue weighted by atomic mass is 10.1. The van der Waals surface area contributed by atoms with E-state index in [-0.39, 0.29) is 11.5 Å². The van der Waals surface area contributed by atoms with Crippen molar-refractivity contribution < 1.29 is 23.1 Å². The number of rotatable bonds is 5. The first-order valence-electron chi connectivity index (χ1n) is 8.24. The van der Waals surface area contributed by atoms with Crippen molar-refractivity contribution >= 4 is 21.5 Å². The predicted molar refractivity (Wildman–Crippen MR) is 98.1 cm³/mol. The third kappa shape index (κ3) is 4.82. The van der Waals surface area contributed by atoms with E-state index in [0.29, 0.717) is 31.0 Å². The molecule has 2 heterocycles. The second-order valence-electron chi connectivity index (χ2n) is 6.13. The third-order valence-electron chi connectivity index (χ3n) is 4.15. The Labute approximate surface area is 157 Å². The van der Waals surface area contributed by atoms with Crippen LogP contribution in [0.3, 0.4) is 0 Å². The lowest BCUT2D eigenvalue weighted by Gasteiger charge is -2.23. The summed E-state index contributed by atoms with van der Waals surface area (Å²) in [6.45, 7) is 0.995. The van der Waals surface area contributed by atoms with Crippen molar-refractivity contribution in [1.29, 1.82) is 0 Å². The van der Waals surface area contributed by atoms with Gasteiger partial charge in [0.15, 0.2) is 9.84 Å². The maximum atomic E-state index is 11.4. The molecular weight excluding hydrogens is 370 g/mol. The number of carbonyl (C=O) groups is 1. The first-order chi connectivity index (χ1) is 12.8. The van der Waals surface area contributed by atoms with E-state index in [1.807, 2.05) is 6.08 Å². The largest absolute Gasteiger partial charge is 0.487 e. The molecule has 1 aromatic heterocycles. The van der Waals surface area contributed by atoms with E-state index in [2.05, 4.69) is 9.97 Å². The zero-order valence-corrected chi connectivity index (χ0v) is 15.5. The number of hydrogen-bond donors (Lipinski definition) is 1. The van der Waals surface area contributed by atoms with Gasteiger partial charge in [-0.3, -0.25) is 9.97 Å². The summed E-state index contributed by atoms with van der Waals surface area (Å²) in [6.07, 6.45) is 5.94. The number of carboxylic acid groups (broad SMARTS) is 1. The number of amides is 1. The van der Waals surface area contributed by atoms with Crippen LogP contribution in [0.4, 0.5) is 4.79 Å². The topological polar surface area (TPSA) is 110 Å². The molecule has 2 aromatic rings. The van der Waals surface area contributed by atoms with Crippen molar-refractivity contribution in [2.24, 2.45) is 0 Å². The molecule has 0 spiro atoms. The van der Waals surface area contributed by atoms with Crippen molar-refractivity contribution in [3.8, 4) is 5.75 Å². The molecule has 3 rings (SSSR count). The standard InChI is InChI=1S/C18H19N3O5S/c1-27(24,25)16-4-2-15(3-5-16)26-12-14-10-20-17(11-19-14)13-6-8-21(9-7-13)18(22)23/h2-6,10-11H,7-9,12H2,1H3,(H,22,23). The third-order valence-corrected chi connectivity index (χ3v) is 5.28. The highest BCUT2D eigenvalue weighted by Gasteiger charge is 2.17. The summed E-state index contributed by atoms with van der Waals surface area (Å²) in [4.78, 5) is 21.2. The van der Waals surface area contributed by atoms with Crippen LogP contribution < -0.4 is 4.74 Å². The van der Waals surface area contributed by atoms with E-state index in [4.69, 9.17) is 9.84 Å². The Hall–Kier alpha value is -2.94. The summed E-state index contributed by atoms with van der Waals surface area (Å²) in [6, 6.07) is 6.18. The molecule has 1 aliphatic heterocycles. The summed E-state index contributed by atoms with van der Waals surface area (Å²) in [5.41, 5.74) is 2.33. The van der Waals surface area contributed by atoms with Gasteiger partial charge in [0.05, 0.1) is 28.7 Å². The Morgan fingerprint density at radius 2 is 1.96 bits per heavy atom. The van der Waals surface area contributed by atoms with Gasteiger partial charge >= 0.3 is 6.09 Å². The smallest absolute Gasteiger partial charge is 0.407 e. The lowest BCUT2D eigenvalue weighted by Crippen LogP contribution is -2.33. The molecule has 0 saturated heterocycles. The normalized spacial score (nSPS) is 14.6. The van der Waals surface area contributed by atoms with Gasteiger partial charge in [-0.05, 0) is 36.3 Å². The fourth-order valence-electron chi connectivity index (χ4n) is 2.61. The molecule has 0 bridgehead atoms. The van der Waals surface area contributed by atoms with Gasteiger partial charge in [0.2, 0.25) is 0 Å². The minimum absolute atomic E-state index is 0.206. The van der Waals surface area contributed by atoms with Gasteiger partial charge < -0.3 is 14.7 Å². The Bertz CT molecular complexity index is 953. The van der Waals surface area contributed by atoms with Gasteiger partial charge in [-0.2, -0.15) is 0 Å². The number of ether oxygens (including phenoxy) is 1. The highest BCUT2D eigenvalue weighted by molar-refractivity contribution is 7.90. The van der Waals surface area contributed by atoms with Crippen molar-refractivity contribution in [3.63, 3.8) is 0 Å². The Morgan fingerprint density at radius 1 is 1.22 bits per heavy atom. The van der Waals surface area contributed by atoms with Crippen LogP contribution >= 0.6 is 0 Å². The Balaban J connectivity index is 1.59. The van der Waals surface area contributed by atoms with Gasteiger partial charge in [-0.15, -0.1) is 0 Å². The van der Waals surface area contributed by atoms with Gasteiger partial charge in [0.25, 0.3) is 0 Å². The molecule has 0 fully saturated rings. The van der Waals surface area contributed by atoms with Gasteiger partial charge in [-0.1, -0.05) is 6.08 Å². The van der Waals surface area contributed by atoms with Crippen LogP contribution in [0.25, 0.3) is 5.57 Å². The molecule has 1 amide bonds. The van der Waals surface area contributed by atoms with E-state index in [9.17, 15) is 13.2 Å². The van der Waals surface area contributed by atoms with Crippen molar-refractivity contribution in [2.75, 3.05) is 19.3 Å². The molecule has 142 valence electrons. The van der Waals surface area contributed by atoms with Crippen LogP contribution in [0.15, 0.2) is 47.6 Å². The molecule has 0 saturated carbocycles. The Kier molecular flexibility index (Phi) is 5.41. The highest BCUT2D eigenvalue weighted by Crippen LogP contribution is 2.21. The van der Waals surface area contributed by atoms with Crippen LogP contribution in [-0.4, -0.2) is 53.8 Å². The zero-order valence-electron chi connectivity index (χ0n) is 14.7. The maximum Gasteiger partial charge on any atom is 0.407 e. The lowest BCUT2D eigenvalue weighted by molar-refractivity contribution is 0.150. The molecule has 0 radical (unpaired) electrons. The quantitative estimate of drug-likeness (QED) is 0.835. The van der Waals surface area contributed by atoms with E-state index in [1.54, 1.807) is 24.5 Å². The van der Waals surface area contributed by atoms with Crippen LogP contribution in [0.1, 0.15) is 17.8 Å². The van der Waals surface area contributed by atoms with E-state index >= 15 is 0 Å². The van der Waals surface area contributed by atoms with Crippen LogP contribution in [0, 0.1) is 0 Å². The SMILES string of the molecule is CS(=O)(=O)c1ccc(OCc2cnc(C3=CCN(C(=O)O)CC3)cn2)cc1. The summed E-state index contributed by atoms with van der Waals surface area (Å²) >= 11 is 0. The average molecular weight is 389 g/mol. The summed E-state index contributed by atoms with van der Waals surface area (Å²) in [7, 11) is -3.23. The highest BCUT2D eigenvalue weighted by atomic mass is 32.2. The average Bonchev–Trinajstić information content (AvgIpc) is 2.66. The van der Waals surface area contributed by atoms with Crippen molar-refractivity contribution in [1.82, 2.24) is 14.9 Å². The molecular formula is C18H19N3O5S. The minimum atomic E-state index is -3.23. The van der Waals surface area contributed by atoms with Crippen LogP contribution in [0.2, 0.25) is 0 Å². The molecule has 1 aromatic carbocycles. The minimum Gasteiger partial charge on any atom is -0.487 e. The van der Waals surface area contributed by atoms with Crippen LogP contribution in [0.5, 0.6) is 5.75 Å². The monoisotopic (exact) mass is 389 g/mol. The number of nitrogens with zero attached hydrogens (tertiary/aromatic N) is 3. The number of hydrogen-bond acceptors (Lipinski definition) is 6. The first kappa shape index (κ1) is 18.8. The fraction of sp³-hybridized carbons (Fsp3) is 0.278. The molecule has 0 unspecified atom stereocenters. The number of benzene rings is 1. The van der Waals surface area contributed by atoms with Crippen molar-refractivity contribution in [3.05, 3.63) is 54.1 Å². The van der Waals surface area contributed by atoms with E-state index in [1.165, 1.54) is 17.0 Å². The predicted octanol–water partition coefficient (Wildman–Crippen LogP) is 2.23. The molecule has 1 aliphatic rings. The van der Waals surface area contributed by atoms with Gasteiger partial charge in [0.1, 0.15) is 12.4 Å². The summed E-state index contributed by atoms with van der Waals surface area (Å²) in [5, 5.41) is 8.96. The summed E-state index contributed by atoms with van der Waals surface area (Å²) in [5.74, 6) is 0.539. The molecule has 0 aliphatic carbocycles. The van der Waals surface area contributed by atoms with Gasteiger partial charge in [-0.25, -0.2) is 13.2 Å². The maximum absolute atomic E-state index is 11.4. The molecule has 27 heavy (non-hydrogen) atoms. The molecule has 8 nitrogen and oxygen atoms in total. The van der Waals surface area contributed by atoms with E-state index < -0.39 is 15.9 Å². The van der Waals surface area contributed by atoms with Gasteiger partial charge in [0, 0.05) is 19.3 Å². The zero-order chi connectivity index (χ0) is 19.4. The Morgan fingerprint density at radius 3 is 2.48 bits per heavy atom. The van der Waals surface area contributed by atoms with E-state index in [0.717, 1.165) is 17.5 Å². The van der Waals surface area contributed by atoms with Crippen LogP contribution in [-0.2, 0) is 16.4 Å². The second kappa shape index (κ2) is 7.75. The second-order valence-corrected chi connectivity index (χ2v) is 8.15. The number of aromatic nitrogens is 2. The molecule has 0 atom stereocenters. The number of sulfone groups is 1. The molecule has 1 N–H and O–H groups in total. The first-order valence-corrected chi connectivity index (χ1v) is 10.1. The molecule has 9 heteroatoms. The van der Waals surface area contributed by atoms with Crippen molar-refractivity contribution in [2.45, 2.75) is 17.9 Å².